The molecule has 0 saturated heterocycles. The Bertz CT molecular complexity index is 1280. The minimum atomic E-state index is -4.66. The number of aromatic amines is 1. The van der Waals surface area contributed by atoms with Gasteiger partial charge in [-0.05, 0) is 30.3 Å². The zero-order valence-corrected chi connectivity index (χ0v) is 14.9. The van der Waals surface area contributed by atoms with E-state index in [1.165, 1.54) is 23.0 Å². The first-order valence-corrected chi connectivity index (χ1v) is 8.37. The van der Waals surface area contributed by atoms with E-state index >= 15 is 0 Å². The molecular formula is C19H13F3N4O3. The number of amides is 1. The Hall–Kier alpha value is -3.82. The molecule has 0 fully saturated rings. The number of carbonyl (C=O) groups is 1. The quantitative estimate of drug-likeness (QED) is 0.545. The van der Waals surface area contributed by atoms with Gasteiger partial charge in [-0.15, -0.1) is 0 Å². The van der Waals surface area contributed by atoms with E-state index in [2.05, 4.69) is 15.4 Å². The summed E-state index contributed by atoms with van der Waals surface area (Å²) in [6, 6.07) is 9.32. The Morgan fingerprint density at radius 1 is 1.21 bits per heavy atom. The first kappa shape index (κ1) is 18.5. The smallest absolute Gasteiger partial charge is 0.408 e. The highest BCUT2D eigenvalue weighted by molar-refractivity contribution is 6.07. The number of benzene rings is 2. The second-order valence-electron chi connectivity index (χ2n) is 6.29. The van der Waals surface area contributed by atoms with Gasteiger partial charge in [0.1, 0.15) is 5.69 Å². The summed E-state index contributed by atoms with van der Waals surface area (Å²) in [7, 11) is 1.61. The van der Waals surface area contributed by atoms with Gasteiger partial charge in [0.05, 0.1) is 22.3 Å². The molecule has 2 heterocycles. The lowest BCUT2D eigenvalue weighted by atomic mass is 10.1. The van der Waals surface area contributed by atoms with Crippen molar-refractivity contribution in [2.75, 3.05) is 5.32 Å². The van der Waals surface area contributed by atoms with Crippen molar-refractivity contribution >= 4 is 22.7 Å². The number of fused-ring (bicyclic) bond motifs is 1. The van der Waals surface area contributed by atoms with Gasteiger partial charge in [0.15, 0.2) is 5.58 Å². The van der Waals surface area contributed by atoms with Crippen LogP contribution in [0.4, 0.5) is 18.9 Å². The number of hydrogen-bond donors (Lipinski definition) is 2. The summed E-state index contributed by atoms with van der Waals surface area (Å²) in [5.41, 5.74) is 0.338. The molecule has 2 aromatic heterocycles. The summed E-state index contributed by atoms with van der Waals surface area (Å²) < 4.78 is 46.0. The average molecular weight is 402 g/mol. The lowest BCUT2D eigenvalue weighted by Gasteiger charge is -2.12. The molecule has 4 rings (SSSR count). The second-order valence-corrected chi connectivity index (χ2v) is 6.29. The number of aryl methyl sites for hydroxylation is 1. The number of oxazole rings is 1. The Morgan fingerprint density at radius 2 is 1.97 bits per heavy atom. The van der Waals surface area contributed by atoms with Crippen molar-refractivity contribution in [2.45, 2.75) is 6.18 Å². The summed E-state index contributed by atoms with van der Waals surface area (Å²) in [5, 5.41) is 6.76. The highest BCUT2D eigenvalue weighted by atomic mass is 19.4. The van der Waals surface area contributed by atoms with Gasteiger partial charge in [-0.3, -0.25) is 14.5 Å². The molecule has 148 valence electrons. The van der Waals surface area contributed by atoms with Crippen molar-refractivity contribution in [1.82, 2.24) is 14.8 Å². The molecule has 0 unspecified atom stereocenters. The van der Waals surface area contributed by atoms with Crippen LogP contribution in [0.1, 0.15) is 15.9 Å². The van der Waals surface area contributed by atoms with E-state index in [9.17, 15) is 22.8 Å². The molecule has 0 saturated carbocycles. The van der Waals surface area contributed by atoms with E-state index in [1.807, 2.05) is 0 Å². The molecule has 10 heteroatoms. The number of nitrogens with one attached hydrogen (secondary N) is 2. The molecule has 0 aliphatic rings. The monoisotopic (exact) mass is 402 g/mol. The number of aromatic nitrogens is 3. The number of rotatable bonds is 3. The van der Waals surface area contributed by atoms with Gasteiger partial charge < -0.3 is 9.73 Å². The van der Waals surface area contributed by atoms with Gasteiger partial charge in [0.25, 0.3) is 5.91 Å². The zero-order valence-electron chi connectivity index (χ0n) is 14.9. The molecule has 0 aliphatic carbocycles. The summed E-state index contributed by atoms with van der Waals surface area (Å²) in [4.78, 5) is 26.4. The molecule has 2 N–H and O–H groups in total. The predicted molar refractivity (Wildman–Crippen MR) is 98.4 cm³/mol. The number of nitrogens with zero attached hydrogens (tertiary/aromatic N) is 2. The topological polar surface area (TPSA) is 92.9 Å². The van der Waals surface area contributed by atoms with Gasteiger partial charge in [0.2, 0.25) is 0 Å². The highest BCUT2D eigenvalue weighted by Gasteiger charge is 2.35. The maximum atomic E-state index is 13.2. The lowest BCUT2D eigenvalue weighted by Crippen LogP contribution is -2.18. The third kappa shape index (κ3) is 3.51. The number of halogens is 3. The zero-order chi connectivity index (χ0) is 20.8. The molecule has 0 atom stereocenters. The van der Waals surface area contributed by atoms with Crippen LogP contribution in [0.5, 0.6) is 0 Å². The van der Waals surface area contributed by atoms with Crippen LogP contribution in [-0.4, -0.2) is 20.7 Å². The Labute approximate surface area is 160 Å². The SMILES string of the molecule is Cn1cc(NC(=O)c2ccccc2C(F)(F)F)c(-c2ccc3oc(=O)[nH]c3c2)n1. The van der Waals surface area contributed by atoms with E-state index in [4.69, 9.17) is 4.42 Å². The van der Waals surface area contributed by atoms with Crippen molar-refractivity contribution < 1.29 is 22.4 Å². The first-order chi connectivity index (χ1) is 13.7. The minimum Gasteiger partial charge on any atom is -0.408 e. The summed E-state index contributed by atoms with van der Waals surface area (Å²) >= 11 is 0. The van der Waals surface area contributed by atoms with Crippen molar-refractivity contribution in [3.8, 4) is 11.3 Å². The molecule has 4 aromatic rings. The first-order valence-electron chi connectivity index (χ1n) is 8.37. The van der Waals surface area contributed by atoms with Gasteiger partial charge in [-0.25, -0.2) is 4.79 Å². The standard InChI is InChI=1S/C19H13F3N4O3/c1-26-9-14(23-17(27)11-4-2-3-5-12(11)19(20,21)22)16(25-26)10-6-7-15-13(8-10)24-18(28)29-15/h2-9H,1H3,(H,23,27)(H,24,28). The van der Waals surface area contributed by atoms with Crippen molar-refractivity contribution in [3.05, 3.63) is 70.3 Å². The van der Waals surface area contributed by atoms with Gasteiger partial charge >= 0.3 is 11.9 Å². The lowest BCUT2D eigenvalue weighted by molar-refractivity contribution is -0.137. The van der Waals surface area contributed by atoms with E-state index < -0.39 is 29.0 Å². The fourth-order valence-electron chi connectivity index (χ4n) is 3.01. The normalized spacial score (nSPS) is 11.7. The number of carbonyl (C=O) groups excluding carboxylic acids is 1. The largest absolute Gasteiger partial charge is 0.417 e. The fraction of sp³-hybridized carbons (Fsp3) is 0.105. The van der Waals surface area contributed by atoms with Gasteiger partial charge in [-0.2, -0.15) is 18.3 Å². The Balaban J connectivity index is 1.72. The van der Waals surface area contributed by atoms with Crippen LogP contribution in [0.25, 0.3) is 22.4 Å². The molecule has 0 aliphatic heterocycles. The van der Waals surface area contributed by atoms with Crippen LogP contribution in [0.15, 0.2) is 57.9 Å². The summed E-state index contributed by atoms with van der Waals surface area (Å²) in [6.07, 6.45) is -3.18. The fourth-order valence-corrected chi connectivity index (χ4v) is 3.01. The van der Waals surface area contributed by atoms with E-state index in [-0.39, 0.29) is 5.69 Å². The molecule has 0 bridgehead atoms. The molecule has 7 nitrogen and oxygen atoms in total. The minimum absolute atomic E-state index is 0.222. The molecule has 0 spiro atoms. The predicted octanol–water partition coefficient (Wildman–Crippen LogP) is 3.79. The van der Waals surface area contributed by atoms with Crippen molar-refractivity contribution in [2.24, 2.45) is 7.05 Å². The van der Waals surface area contributed by atoms with E-state index in [1.54, 1.807) is 25.2 Å². The number of alkyl halides is 3. The molecule has 29 heavy (non-hydrogen) atoms. The van der Waals surface area contributed by atoms with E-state index in [0.29, 0.717) is 22.4 Å². The number of H-pyrrole nitrogens is 1. The maximum Gasteiger partial charge on any atom is 0.417 e. The number of hydrogen-bond acceptors (Lipinski definition) is 4. The summed E-state index contributed by atoms with van der Waals surface area (Å²) in [5.74, 6) is -1.53. The maximum absolute atomic E-state index is 13.2. The van der Waals surface area contributed by atoms with Crippen LogP contribution in [0.2, 0.25) is 0 Å². The number of anilines is 1. The molecule has 2 aromatic carbocycles. The van der Waals surface area contributed by atoms with E-state index in [0.717, 1.165) is 12.1 Å². The van der Waals surface area contributed by atoms with Gasteiger partial charge in [0, 0.05) is 18.8 Å². The highest BCUT2D eigenvalue weighted by Crippen LogP contribution is 2.33. The molecule has 0 radical (unpaired) electrons. The van der Waals surface area contributed by atoms with Gasteiger partial charge in [-0.1, -0.05) is 12.1 Å². The third-order valence-corrected chi connectivity index (χ3v) is 4.25. The summed E-state index contributed by atoms with van der Waals surface area (Å²) in [6.45, 7) is 0. The molecular weight excluding hydrogens is 389 g/mol. The van der Waals surface area contributed by atoms with Crippen LogP contribution in [-0.2, 0) is 13.2 Å². The van der Waals surface area contributed by atoms with Crippen LogP contribution in [0, 0.1) is 0 Å². The third-order valence-electron chi connectivity index (χ3n) is 4.25. The second kappa shape index (κ2) is 6.66. The van der Waals surface area contributed by atoms with Crippen LogP contribution < -0.4 is 11.1 Å². The average Bonchev–Trinajstić information content (AvgIpc) is 3.21. The Kier molecular flexibility index (Phi) is 4.26. The van der Waals surface area contributed by atoms with Crippen LogP contribution >= 0.6 is 0 Å². The van der Waals surface area contributed by atoms with Crippen molar-refractivity contribution in [1.29, 1.82) is 0 Å². The molecule has 1 amide bonds. The van der Waals surface area contributed by atoms with Crippen molar-refractivity contribution in [3.63, 3.8) is 0 Å². The van der Waals surface area contributed by atoms with Crippen LogP contribution in [0.3, 0.4) is 0 Å². The Morgan fingerprint density at radius 3 is 2.72 bits per heavy atom.